The van der Waals surface area contributed by atoms with Crippen LogP contribution in [0.3, 0.4) is 0 Å². The van der Waals surface area contributed by atoms with Gasteiger partial charge in [-0.25, -0.2) is 12.8 Å². The lowest BCUT2D eigenvalue weighted by molar-refractivity contribution is -0.140. The van der Waals surface area contributed by atoms with E-state index in [-0.39, 0.29) is 30.1 Å². The van der Waals surface area contributed by atoms with Crippen LogP contribution in [0.25, 0.3) is 10.9 Å². The smallest absolute Gasteiger partial charge is 0.309 e. The van der Waals surface area contributed by atoms with Crippen LogP contribution >= 0.6 is 0 Å². The van der Waals surface area contributed by atoms with Gasteiger partial charge in [0.1, 0.15) is 12.0 Å². The first-order chi connectivity index (χ1) is 16.8. The monoisotopic (exact) mass is 502 g/mol. The third-order valence-electron chi connectivity index (χ3n) is 5.88. The highest BCUT2D eigenvalue weighted by Crippen LogP contribution is 2.25. The summed E-state index contributed by atoms with van der Waals surface area (Å²) in [4.78, 5) is 27.7. The van der Waals surface area contributed by atoms with Crippen molar-refractivity contribution in [1.82, 2.24) is 19.9 Å². The van der Waals surface area contributed by atoms with E-state index in [2.05, 4.69) is 15.6 Å². The van der Waals surface area contributed by atoms with E-state index in [4.69, 9.17) is 4.74 Å². The molecule has 1 aromatic heterocycles. The minimum Gasteiger partial charge on any atom is -0.361 e. The summed E-state index contributed by atoms with van der Waals surface area (Å²) in [6, 6.07) is 11.2. The molecule has 2 amide bonds. The van der Waals surface area contributed by atoms with Gasteiger partial charge in [0.25, 0.3) is 0 Å². The van der Waals surface area contributed by atoms with E-state index in [0.717, 1.165) is 32.9 Å². The van der Waals surface area contributed by atoms with Crippen molar-refractivity contribution in [2.45, 2.75) is 30.9 Å². The average Bonchev–Trinajstić information content (AvgIpc) is 3.25. The first kappa shape index (κ1) is 24.8. The van der Waals surface area contributed by atoms with Crippen LogP contribution in [-0.2, 0) is 30.8 Å². The Morgan fingerprint density at radius 2 is 1.94 bits per heavy atom. The van der Waals surface area contributed by atoms with Crippen LogP contribution in [0.4, 0.5) is 4.39 Å². The summed E-state index contributed by atoms with van der Waals surface area (Å²) in [5.41, 5.74) is 2.29. The first-order valence-corrected chi connectivity index (χ1v) is 12.7. The molecule has 2 heterocycles. The van der Waals surface area contributed by atoms with Crippen LogP contribution < -0.4 is 10.6 Å². The van der Waals surface area contributed by atoms with Crippen molar-refractivity contribution < 1.29 is 27.1 Å². The topological polar surface area (TPSA) is 121 Å². The number of nitrogens with one attached hydrogen (secondary N) is 3. The van der Waals surface area contributed by atoms with Crippen LogP contribution in [0.15, 0.2) is 53.6 Å². The number of fused-ring (bicyclic) bond motifs is 1. The van der Waals surface area contributed by atoms with Crippen molar-refractivity contribution in [3.8, 4) is 0 Å². The SMILES string of the molecule is Cc1cc(F)ccc1S(=O)(=O)N1CCCO[C@H]1CNC(=O)C(=O)NCCc1c[nH]c2ccccc12. The number of carbonyl (C=O) groups excluding carboxylic acids is 2. The molecule has 0 radical (unpaired) electrons. The maximum Gasteiger partial charge on any atom is 0.309 e. The average molecular weight is 503 g/mol. The highest BCUT2D eigenvalue weighted by molar-refractivity contribution is 7.89. The number of ether oxygens (including phenoxy) is 1. The van der Waals surface area contributed by atoms with Gasteiger partial charge >= 0.3 is 11.8 Å². The Morgan fingerprint density at radius 3 is 2.74 bits per heavy atom. The molecule has 1 aliphatic heterocycles. The van der Waals surface area contributed by atoms with E-state index in [9.17, 15) is 22.4 Å². The molecule has 0 saturated carbocycles. The number of aryl methyl sites for hydroxylation is 1. The number of rotatable bonds is 7. The number of benzene rings is 2. The second-order valence-electron chi connectivity index (χ2n) is 8.28. The third kappa shape index (κ3) is 5.53. The summed E-state index contributed by atoms with van der Waals surface area (Å²) < 4.78 is 46.5. The predicted molar refractivity (Wildman–Crippen MR) is 127 cm³/mol. The number of amides is 2. The van der Waals surface area contributed by atoms with E-state index in [1.807, 2.05) is 30.5 Å². The number of para-hydroxylation sites is 1. The Kier molecular flexibility index (Phi) is 7.48. The molecular formula is C24H27FN4O5S. The Morgan fingerprint density at radius 1 is 1.17 bits per heavy atom. The Hall–Kier alpha value is -3.28. The van der Waals surface area contributed by atoms with Crippen LogP contribution in [0.1, 0.15) is 17.5 Å². The van der Waals surface area contributed by atoms with Gasteiger partial charge in [-0.1, -0.05) is 18.2 Å². The normalized spacial score (nSPS) is 16.8. The summed E-state index contributed by atoms with van der Waals surface area (Å²) in [6.45, 7) is 2.06. The number of H-pyrrole nitrogens is 1. The lowest BCUT2D eigenvalue weighted by Gasteiger charge is -2.34. The number of aromatic nitrogens is 1. The molecule has 3 N–H and O–H groups in total. The molecule has 1 fully saturated rings. The van der Waals surface area contributed by atoms with Gasteiger partial charge in [0.15, 0.2) is 0 Å². The van der Waals surface area contributed by atoms with Crippen LogP contribution in [0.2, 0.25) is 0 Å². The van der Waals surface area contributed by atoms with Crippen molar-refractivity contribution in [3.63, 3.8) is 0 Å². The summed E-state index contributed by atoms with van der Waals surface area (Å²) in [5.74, 6) is -2.23. The molecule has 1 atom stereocenters. The molecule has 0 spiro atoms. The van der Waals surface area contributed by atoms with Crippen LogP contribution in [-0.4, -0.2) is 62.0 Å². The first-order valence-electron chi connectivity index (χ1n) is 11.3. The molecule has 186 valence electrons. The molecule has 4 rings (SSSR count). The quantitative estimate of drug-likeness (QED) is 0.426. The second kappa shape index (κ2) is 10.5. The molecule has 35 heavy (non-hydrogen) atoms. The molecule has 0 bridgehead atoms. The van der Waals surface area contributed by atoms with Crippen molar-refractivity contribution in [2.75, 3.05) is 26.2 Å². The van der Waals surface area contributed by atoms with E-state index in [1.54, 1.807) is 0 Å². The minimum absolute atomic E-state index is 0.0317. The fourth-order valence-corrected chi connectivity index (χ4v) is 5.89. The summed E-state index contributed by atoms with van der Waals surface area (Å²) in [7, 11) is -4.00. The van der Waals surface area contributed by atoms with E-state index in [1.165, 1.54) is 13.0 Å². The van der Waals surface area contributed by atoms with Gasteiger partial charge in [-0.3, -0.25) is 9.59 Å². The molecule has 0 aliphatic carbocycles. The van der Waals surface area contributed by atoms with Crippen molar-refractivity contribution in [3.05, 3.63) is 65.6 Å². The fourth-order valence-electron chi connectivity index (χ4n) is 4.12. The summed E-state index contributed by atoms with van der Waals surface area (Å²) >= 11 is 0. The summed E-state index contributed by atoms with van der Waals surface area (Å²) in [6.07, 6.45) is 1.90. The third-order valence-corrected chi connectivity index (χ3v) is 7.93. The second-order valence-corrected chi connectivity index (χ2v) is 10.1. The number of aromatic amines is 1. The van der Waals surface area contributed by atoms with E-state index < -0.39 is 33.9 Å². The van der Waals surface area contributed by atoms with Gasteiger partial charge in [-0.2, -0.15) is 4.31 Å². The van der Waals surface area contributed by atoms with Gasteiger partial charge in [-0.15, -0.1) is 0 Å². The van der Waals surface area contributed by atoms with Crippen LogP contribution in [0.5, 0.6) is 0 Å². The Bertz CT molecular complexity index is 1340. The number of nitrogens with zero attached hydrogens (tertiary/aromatic N) is 1. The van der Waals surface area contributed by atoms with Gasteiger partial charge in [-0.05, 0) is 55.2 Å². The zero-order valence-corrected chi connectivity index (χ0v) is 20.0. The lowest BCUT2D eigenvalue weighted by Crippen LogP contribution is -2.53. The number of sulfonamides is 1. The van der Waals surface area contributed by atoms with Gasteiger partial charge < -0.3 is 20.4 Å². The number of hydrogen-bond acceptors (Lipinski definition) is 5. The predicted octanol–water partition coefficient (Wildman–Crippen LogP) is 1.83. The largest absolute Gasteiger partial charge is 0.361 e. The standard InChI is InChI=1S/C24H27FN4O5S/c1-16-13-18(25)7-8-21(16)35(32,33)29-11-4-12-34-22(29)15-28-24(31)23(30)26-10-9-17-14-27-20-6-3-2-5-19(17)20/h2-3,5-8,13-14,22,27H,4,9-12,15H2,1H3,(H,26,30)(H,28,31)/t22-/m0/s1. The van der Waals surface area contributed by atoms with Crippen molar-refractivity contribution >= 4 is 32.7 Å². The molecule has 9 nitrogen and oxygen atoms in total. The fraction of sp³-hybridized carbons (Fsp3) is 0.333. The zero-order chi connectivity index (χ0) is 25.0. The van der Waals surface area contributed by atoms with Gasteiger partial charge in [0.2, 0.25) is 10.0 Å². The van der Waals surface area contributed by atoms with E-state index >= 15 is 0 Å². The minimum atomic E-state index is -4.00. The maximum atomic E-state index is 13.5. The molecule has 1 saturated heterocycles. The molecule has 1 aliphatic rings. The summed E-state index contributed by atoms with van der Waals surface area (Å²) in [5, 5.41) is 6.09. The maximum absolute atomic E-state index is 13.5. The highest BCUT2D eigenvalue weighted by Gasteiger charge is 2.35. The van der Waals surface area contributed by atoms with Gasteiger partial charge in [0.05, 0.1) is 18.0 Å². The molecule has 0 unspecified atom stereocenters. The van der Waals surface area contributed by atoms with Crippen molar-refractivity contribution in [1.29, 1.82) is 0 Å². The number of carbonyl (C=O) groups is 2. The molecule has 2 aromatic carbocycles. The van der Waals surface area contributed by atoms with Crippen LogP contribution in [0, 0.1) is 12.7 Å². The highest BCUT2D eigenvalue weighted by atomic mass is 32.2. The van der Waals surface area contributed by atoms with Crippen molar-refractivity contribution in [2.24, 2.45) is 0 Å². The molecule has 3 aromatic rings. The molecular weight excluding hydrogens is 475 g/mol. The molecule has 11 heteroatoms. The Labute approximate surface area is 202 Å². The van der Waals surface area contributed by atoms with Gasteiger partial charge in [0, 0.05) is 30.2 Å². The zero-order valence-electron chi connectivity index (χ0n) is 19.2. The Balaban J connectivity index is 1.33. The number of halogens is 1. The lowest BCUT2D eigenvalue weighted by atomic mass is 10.1. The van der Waals surface area contributed by atoms with E-state index in [0.29, 0.717) is 19.4 Å². The number of hydrogen-bond donors (Lipinski definition) is 3.